The second-order valence-electron chi connectivity index (χ2n) is 14.5. The van der Waals surface area contributed by atoms with Gasteiger partial charge in [0, 0.05) is 38.4 Å². The number of hydrogen-bond donors (Lipinski definition) is 0. The highest BCUT2D eigenvalue weighted by atomic mass is 16.3. The monoisotopic (exact) mass is 728 g/mol. The molecule has 0 N–H and O–H groups in total. The van der Waals surface area contributed by atoms with Crippen LogP contribution in [0.2, 0.25) is 0 Å². The van der Waals surface area contributed by atoms with Crippen molar-refractivity contribution in [3.63, 3.8) is 0 Å². The largest absolute Gasteiger partial charge is 0.456 e. The van der Waals surface area contributed by atoms with Crippen LogP contribution in [0.15, 0.2) is 223 Å². The number of aromatic nitrogens is 1. The predicted octanol–water partition coefficient (Wildman–Crippen LogP) is 15.2. The number of hydrogen-bond acceptors (Lipinski definition) is 2. The molecule has 0 bridgehead atoms. The first kappa shape index (κ1) is 32.8. The maximum atomic E-state index is 6.23. The molecule has 0 saturated heterocycles. The van der Waals surface area contributed by atoms with Gasteiger partial charge in [-0.05, 0) is 82.9 Å². The van der Waals surface area contributed by atoms with E-state index in [1.807, 2.05) is 12.1 Å². The Morgan fingerprint density at radius 1 is 0.351 bits per heavy atom. The van der Waals surface area contributed by atoms with Crippen molar-refractivity contribution in [3.05, 3.63) is 218 Å². The molecule has 2 aromatic heterocycles. The summed E-state index contributed by atoms with van der Waals surface area (Å²) in [7, 11) is 0. The lowest BCUT2D eigenvalue weighted by Crippen LogP contribution is -2.11. The lowest BCUT2D eigenvalue weighted by atomic mass is 9.99. The third kappa shape index (κ3) is 5.51. The van der Waals surface area contributed by atoms with Gasteiger partial charge in [0.1, 0.15) is 11.2 Å². The molecule has 3 nitrogen and oxygen atoms in total. The van der Waals surface area contributed by atoms with E-state index in [1.54, 1.807) is 0 Å². The predicted molar refractivity (Wildman–Crippen MR) is 239 cm³/mol. The molecule has 0 radical (unpaired) electrons. The van der Waals surface area contributed by atoms with Crippen LogP contribution in [0.1, 0.15) is 0 Å². The van der Waals surface area contributed by atoms with Crippen LogP contribution >= 0.6 is 0 Å². The Kier molecular flexibility index (Phi) is 7.82. The molecule has 268 valence electrons. The van der Waals surface area contributed by atoms with Crippen LogP contribution in [-0.2, 0) is 0 Å². The number of anilines is 3. The molecule has 2 heterocycles. The van der Waals surface area contributed by atoms with Crippen LogP contribution in [0.4, 0.5) is 17.1 Å². The van der Waals surface area contributed by atoms with Crippen molar-refractivity contribution in [2.24, 2.45) is 0 Å². The molecule has 0 aliphatic carbocycles. The molecule has 0 saturated carbocycles. The SMILES string of the molecule is c1ccc(-c2ccc(-c3ccccc3-n3c4ccccc4c4c(N(c5ccccc5)c5ccccc5-c5ccc6oc7ccccc7c6c5)cccc43)cc2)cc1. The molecule has 0 atom stereocenters. The van der Waals surface area contributed by atoms with Gasteiger partial charge >= 0.3 is 0 Å². The fourth-order valence-electron chi connectivity index (χ4n) is 8.62. The van der Waals surface area contributed by atoms with Crippen LogP contribution in [0.5, 0.6) is 0 Å². The van der Waals surface area contributed by atoms with Gasteiger partial charge in [-0.3, -0.25) is 0 Å². The van der Waals surface area contributed by atoms with E-state index < -0.39 is 0 Å². The molecule has 3 heteroatoms. The lowest BCUT2D eigenvalue weighted by molar-refractivity contribution is 0.669. The zero-order valence-corrected chi connectivity index (χ0v) is 31.1. The van der Waals surface area contributed by atoms with Crippen molar-refractivity contribution in [2.75, 3.05) is 4.90 Å². The molecule has 11 aromatic rings. The van der Waals surface area contributed by atoms with Crippen LogP contribution < -0.4 is 4.90 Å². The topological polar surface area (TPSA) is 21.3 Å². The van der Waals surface area contributed by atoms with Gasteiger partial charge in [0.25, 0.3) is 0 Å². The van der Waals surface area contributed by atoms with Gasteiger partial charge in [0.15, 0.2) is 0 Å². The van der Waals surface area contributed by atoms with E-state index in [-0.39, 0.29) is 0 Å². The molecule has 0 unspecified atom stereocenters. The van der Waals surface area contributed by atoms with Crippen molar-refractivity contribution in [1.29, 1.82) is 0 Å². The molecule has 0 amide bonds. The zero-order valence-electron chi connectivity index (χ0n) is 31.1. The first-order valence-electron chi connectivity index (χ1n) is 19.4. The van der Waals surface area contributed by atoms with Crippen molar-refractivity contribution < 1.29 is 4.42 Å². The van der Waals surface area contributed by atoms with Crippen LogP contribution in [0.25, 0.3) is 82.8 Å². The van der Waals surface area contributed by atoms with Gasteiger partial charge < -0.3 is 13.9 Å². The Bertz CT molecular complexity index is 3230. The normalized spacial score (nSPS) is 11.5. The second kappa shape index (κ2) is 13.6. The smallest absolute Gasteiger partial charge is 0.135 e. The molecular weight excluding hydrogens is 693 g/mol. The Labute approximate surface area is 330 Å². The lowest BCUT2D eigenvalue weighted by Gasteiger charge is -2.28. The maximum absolute atomic E-state index is 6.23. The van der Waals surface area contributed by atoms with E-state index in [0.29, 0.717) is 0 Å². The van der Waals surface area contributed by atoms with E-state index in [2.05, 4.69) is 216 Å². The fraction of sp³-hybridized carbons (Fsp3) is 0. The second-order valence-corrected chi connectivity index (χ2v) is 14.5. The molecule has 0 spiro atoms. The Balaban J connectivity index is 1.12. The van der Waals surface area contributed by atoms with Crippen molar-refractivity contribution in [1.82, 2.24) is 4.57 Å². The third-order valence-electron chi connectivity index (χ3n) is 11.2. The average molecular weight is 729 g/mol. The minimum Gasteiger partial charge on any atom is -0.456 e. The third-order valence-corrected chi connectivity index (χ3v) is 11.2. The number of rotatable bonds is 7. The van der Waals surface area contributed by atoms with Crippen LogP contribution in [0, 0.1) is 0 Å². The van der Waals surface area contributed by atoms with Gasteiger partial charge in [0.05, 0.1) is 28.1 Å². The molecule has 57 heavy (non-hydrogen) atoms. The summed E-state index contributed by atoms with van der Waals surface area (Å²) in [6.45, 7) is 0. The highest BCUT2D eigenvalue weighted by Crippen LogP contribution is 2.47. The number of furan rings is 1. The summed E-state index contributed by atoms with van der Waals surface area (Å²) in [5.41, 5.74) is 15.6. The molecule has 11 rings (SSSR count). The van der Waals surface area contributed by atoms with Gasteiger partial charge in [0.2, 0.25) is 0 Å². The van der Waals surface area contributed by atoms with E-state index in [1.165, 1.54) is 33.0 Å². The number of fused-ring (bicyclic) bond motifs is 6. The first-order valence-corrected chi connectivity index (χ1v) is 19.4. The summed E-state index contributed by atoms with van der Waals surface area (Å²) >= 11 is 0. The van der Waals surface area contributed by atoms with Gasteiger partial charge in [-0.1, -0.05) is 158 Å². The molecule has 0 aliphatic rings. The van der Waals surface area contributed by atoms with Crippen LogP contribution in [-0.4, -0.2) is 4.57 Å². The standard InChI is InChI=1S/C54H36N2O/c1-3-16-37(17-4-1)38-30-32-39(33-31-38)42-20-7-12-25-48(42)56-49-26-13-9-23-45(49)54-50(27-15-28-51(54)56)55(41-18-5-2-6-19-41)47-24-11-8-21-43(47)40-34-35-53-46(36-40)44-22-10-14-29-52(44)57-53/h1-36H. The minimum absolute atomic E-state index is 0.891. The average Bonchev–Trinajstić information content (AvgIpc) is 3.83. The summed E-state index contributed by atoms with van der Waals surface area (Å²) in [4.78, 5) is 2.43. The van der Waals surface area contributed by atoms with E-state index in [0.717, 1.165) is 66.8 Å². The number of nitrogens with zero attached hydrogens (tertiary/aromatic N) is 2. The summed E-state index contributed by atoms with van der Waals surface area (Å²) in [5.74, 6) is 0. The zero-order chi connectivity index (χ0) is 37.7. The first-order chi connectivity index (χ1) is 28.3. The quantitative estimate of drug-likeness (QED) is 0.163. The summed E-state index contributed by atoms with van der Waals surface area (Å²) < 4.78 is 8.68. The molecule has 0 aliphatic heterocycles. The number of para-hydroxylation sites is 5. The molecule has 9 aromatic carbocycles. The highest BCUT2D eigenvalue weighted by molar-refractivity contribution is 6.17. The van der Waals surface area contributed by atoms with Crippen molar-refractivity contribution in [3.8, 4) is 39.1 Å². The fourth-order valence-corrected chi connectivity index (χ4v) is 8.62. The van der Waals surface area contributed by atoms with Crippen LogP contribution in [0.3, 0.4) is 0 Å². The Morgan fingerprint density at radius 2 is 0.930 bits per heavy atom. The number of benzene rings is 9. The van der Waals surface area contributed by atoms with Gasteiger partial charge in [-0.2, -0.15) is 0 Å². The van der Waals surface area contributed by atoms with Crippen molar-refractivity contribution in [2.45, 2.75) is 0 Å². The molecule has 0 fully saturated rings. The van der Waals surface area contributed by atoms with E-state index >= 15 is 0 Å². The summed E-state index contributed by atoms with van der Waals surface area (Å²) in [5, 5.41) is 4.62. The Hall–Kier alpha value is -7.62. The van der Waals surface area contributed by atoms with Gasteiger partial charge in [-0.15, -0.1) is 0 Å². The Morgan fingerprint density at radius 3 is 1.77 bits per heavy atom. The van der Waals surface area contributed by atoms with E-state index in [9.17, 15) is 0 Å². The van der Waals surface area contributed by atoms with Crippen molar-refractivity contribution >= 4 is 60.8 Å². The summed E-state index contributed by atoms with van der Waals surface area (Å²) in [6.07, 6.45) is 0. The highest BCUT2D eigenvalue weighted by Gasteiger charge is 2.24. The summed E-state index contributed by atoms with van der Waals surface area (Å²) in [6, 6.07) is 78.2. The maximum Gasteiger partial charge on any atom is 0.135 e. The van der Waals surface area contributed by atoms with Gasteiger partial charge in [-0.25, -0.2) is 0 Å². The minimum atomic E-state index is 0.891. The van der Waals surface area contributed by atoms with E-state index in [4.69, 9.17) is 4.42 Å². The molecular formula is C54H36N2O.